The standard InChI is InChI=1S/C23H17NO3S2/c25-22(24-18-10-9-16-5-1-2-6-17(16)13-18)15-27-23(26)20(21-8-4-12-29-21)14-19-7-3-11-28-19/h1-14H,15H2,(H,24,25)/b20-14+. The highest BCUT2D eigenvalue weighted by atomic mass is 32.1. The maximum absolute atomic E-state index is 12.6. The quantitative estimate of drug-likeness (QED) is 0.323. The Balaban J connectivity index is 1.42. The van der Waals surface area contributed by atoms with Gasteiger partial charge < -0.3 is 10.1 Å². The molecule has 2 aromatic heterocycles. The monoisotopic (exact) mass is 419 g/mol. The third kappa shape index (κ3) is 4.80. The van der Waals surface area contributed by atoms with E-state index in [4.69, 9.17) is 4.74 Å². The van der Waals surface area contributed by atoms with E-state index in [9.17, 15) is 9.59 Å². The van der Waals surface area contributed by atoms with E-state index in [-0.39, 0.29) is 12.5 Å². The summed E-state index contributed by atoms with van der Waals surface area (Å²) in [7, 11) is 0. The number of hydrogen-bond acceptors (Lipinski definition) is 5. The van der Waals surface area contributed by atoms with Gasteiger partial charge in [0.15, 0.2) is 6.61 Å². The number of ether oxygens (including phenoxy) is 1. The molecule has 1 N–H and O–H groups in total. The average Bonchev–Trinajstić information content (AvgIpc) is 3.44. The van der Waals surface area contributed by atoms with Crippen molar-refractivity contribution in [2.24, 2.45) is 0 Å². The van der Waals surface area contributed by atoms with E-state index < -0.39 is 5.97 Å². The molecule has 0 aliphatic heterocycles. The second-order valence-electron chi connectivity index (χ2n) is 6.24. The van der Waals surface area contributed by atoms with Crippen LogP contribution < -0.4 is 5.32 Å². The van der Waals surface area contributed by atoms with Gasteiger partial charge in [-0.1, -0.05) is 42.5 Å². The van der Waals surface area contributed by atoms with E-state index in [1.54, 1.807) is 6.08 Å². The van der Waals surface area contributed by atoms with Crippen LogP contribution in [0.5, 0.6) is 0 Å². The number of fused-ring (bicyclic) bond motifs is 1. The Kier molecular flexibility index (Phi) is 5.84. The summed E-state index contributed by atoms with van der Waals surface area (Å²) in [5.74, 6) is -0.898. The van der Waals surface area contributed by atoms with Crippen molar-refractivity contribution in [3.05, 3.63) is 87.2 Å². The maximum atomic E-state index is 12.6. The number of rotatable bonds is 6. The largest absolute Gasteiger partial charge is 0.452 e. The Morgan fingerprint density at radius 1 is 0.897 bits per heavy atom. The Morgan fingerprint density at radius 2 is 1.69 bits per heavy atom. The van der Waals surface area contributed by atoms with Crippen LogP contribution in [0.2, 0.25) is 0 Å². The lowest BCUT2D eigenvalue weighted by molar-refractivity contribution is -0.141. The Bertz CT molecular complexity index is 1160. The summed E-state index contributed by atoms with van der Waals surface area (Å²) in [5.41, 5.74) is 1.11. The first-order valence-corrected chi connectivity index (χ1v) is 10.7. The van der Waals surface area contributed by atoms with Crippen molar-refractivity contribution in [2.75, 3.05) is 11.9 Å². The van der Waals surface area contributed by atoms with Crippen molar-refractivity contribution in [1.29, 1.82) is 0 Å². The molecule has 4 aromatic rings. The van der Waals surface area contributed by atoms with Gasteiger partial charge >= 0.3 is 5.97 Å². The molecule has 0 bridgehead atoms. The lowest BCUT2D eigenvalue weighted by atomic mass is 10.1. The molecule has 4 nitrogen and oxygen atoms in total. The molecule has 0 fully saturated rings. The van der Waals surface area contributed by atoms with Gasteiger partial charge in [-0.3, -0.25) is 4.79 Å². The molecule has 2 heterocycles. The molecule has 6 heteroatoms. The van der Waals surface area contributed by atoms with Crippen LogP contribution in [0.15, 0.2) is 77.5 Å². The third-order valence-electron chi connectivity index (χ3n) is 4.20. The van der Waals surface area contributed by atoms with Gasteiger partial charge in [0, 0.05) is 15.4 Å². The molecule has 0 saturated heterocycles. The van der Waals surface area contributed by atoms with Crippen molar-refractivity contribution in [3.8, 4) is 0 Å². The predicted octanol–water partition coefficient (Wildman–Crippen LogP) is 5.69. The van der Waals surface area contributed by atoms with Crippen LogP contribution in [0.3, 0.4) is 0 Å². The number of benzene rings is 2. The first-order valence-electron chi connectivity index (χ1n) is 8.94. The number of carbonyl (C=O) groups is 2. The molecular formula is C23H17NO3S2. The van der Waals surface area contributed by atoms with Gasteiger partial charge in [-0.25, -0.2) is 4.79 Å². The number of anilines is 1. The van der Waals surface area contributed by atoms with Gasteiger partial charge in [-0.05, 0) is 51.9 Å². The van der Waals surface area contributed by atoms with Crippen molar-refractivity contribution >= 4 is 62.7 Å². The van der Waals surface area contributed by atoms with Crippen LogP contribution in [-0.4, -0.2) is 18.5 Å². The predicted molar refractivity (Wildman–Crippen MR) is 120 cm³/mol. The number of amides is 1. The average molecular weight is 420 g/mol. The summed E-state index contributed by atoms with van der Waals surface area (Å²) in [6.45, 7) is -0.348. The zero-order valence-corrected chi connectivity index (χ0v) is 17.0. The topological polar surface area (TPSA) is 55.4 Å². The summed E-state index contributed by atoms with van der Waals surface area (Å²) in [5, 5.41) is 8.75. The molecule has 29 heavy (non-hydrogen) atoms. The minimum absolute atomic E-state index is 0.348. The van der Waals surface area contributed by atoms with Crippen LogP contribution in [0.1, 0.15) is 9.75 Å². The second kappa shape index (κ2) is 8.86. The van der Waals surface area contributed by atoms with Gasteiger partial charge in [0.05, 0.1) is 5.57 Å². The molecule has 0 radical (unpaired) electrons. The van der Waals surface area contributed by atoms with Gasteiger partial charge in [0.25, 0.3) is 5.91 Å². The Labute approximate surface area is 176 Å². The fourth-order valence-corrected chi connectivity index (χ4v) is 4.24. The van der Waals surface area contributed by atoms with Gasteiger partial charge in [-0.15, -0.1) is 22.7 Å². The highest BCUT2D eigenvalue weighted by molar-refractivity contribution is 7.12. The maximum Gasteiger partial charge on any atom is 0.340 e. The van der Waals surface area contributed by atoms with E-state index in [0.29, 0.717) is 11.3 Å². The summed E-state index contributed by atoms with van der Waals surface area (Å²) < 4.78 is 5.29. The first kappa shape index (κ1) is 19.1. The molecule has 0 unspecified atom stereocenters. The summed E-state index contributed by atoms with van der Waals surface area (Å²) in [6, 6.07) is 21.2. The SMILES string of the molecule is O=C(COC(=O)/C(=C/c1cccs1)c1cccs1)Nc1ccc2ccccc2c1. The Morgan fingerprint density at radius 3 is 2.45 bits per heavy atom. The molecule has 0 saturated carbocycles. The third-order valence-corrected chi connectivity index (χ3v) is 5.93. The van der Waals surface area contributed by atoms with Crippen LogP contribution in [0, 0.1) is 0 Å². The van der Waals surface area contributed by atoms with E-state index in [2.05, 4.69) is 5.32 Å². The molecule has 144 valence electrons. The molecule has 0 aliphatic rings. The van der Waals surface area contributed by atoms with Gasteiger partial charge in [-0.2, -0.15) is 0 Å². The molecule has 2 aromatic carbocycles. The van der Waals surface area contributed by atoms with Crippen LogP contribution >= 0.6 is 22.7 Å². The van der Waals surface area contributed by atoms with Gasteiger partial charge in [0.1, 0.15) is 0 Å². The van der Waals surface area contributed by atoms with Crippen molar-refractivity contribution in [1.82, 2.24) is 0 Å². The molecule has 0 spiro atoms. The minimum Gasteiger partial charge on any atom is -0.452 e. The fraction of sp³-hybridized carbons (Fsp3) is 0.0435. The van der Waals surface area contributed by atoms with Crippen molar-refractivity contribution < 1.29 is 14.3 Å². The van der Waals surface area contributed by atoms with Crippen molar-refractivity contribution in [3.63, 3.8) is 0 Å². The number of esters is 1. The Hall–Kier alpha value is -3.22. The summed E-state index contributed by atoms with van der Waals surface area (Å²) in [4.78, 5) is 26.7. The van der Waals surface area contributed by atoms with Gasteiger partial charge in [0.2, 0.25) is 0 Å². The second-order valence-corrected chi connectivity index (χ2v) is 8.16. The smallest absolute Gasteiger partial charge is 0.340 e. The minimum atomic E-state index is -0.519. The number of hydrogen-bond donors (Lipinski definition) is 1. The molecule has 0 atom stereocenters. The van der Waals surface area contributed by atoms with E-state index in [1.807, 2.05) is 77.5 Å². The molecule has 0 aliphatic carbocycles. The fourth-order valence-electron chi connectivity index (χ4n) is 2.85. The normalized spacial score (nSPS) is 11.4. The number of nitrogens with one attached hydrogen (secondary N) is 1. The van der Waals surface area contributed by atoms with Crippen molar-refractivity contribution in [2.45, 2.75) is 0 Å². The highest BCUT2D eigenvalue weighted by Crippen LogP contribution is 2.26. The van der Waals surface area contributed by atoms with Crippen LogP contribution in [0.25, 0.3) is 22.4 Å². The van der Waals surface area contributed by atoms with E-state index >= 15 is 0 Å². The molecule has 4 rings (SSSR count). The lowest BCUT2D eigenvalue weighted by Gasteiger charge is -2.09. The molecular weight excluding hydrogens is 402 g/mol. The number of thiophene rings is 2. The van der Waals surface area contributed by atoms with E-state index in [0.717, 1.165) is 20.5 Å². The summed E-state index contributed by atoms with van der Waals surface area (Å²) in [6.07, 6.45) is 1.79. The highest BCUT2D eigenvalue weighted by Gasteiger charge is 2.17. The molecule has 1 amide bonds. The first-order chi connectivity index (χ1) is 14.2. The van der Waals surface area contributed by atoms with Crippen LogP contribution in [-0.2, 0) is 14.3 Å². The van der Waals surface area contributed by atoms with E-state index in [1.165, 1.54) is 22.7 Å². The van der Waals surface area contributed by atoms with Crippen LogP contribution in [0.4, 0.5) is 5.69 Å². The number of carbonyl (C=O) groups excluding carboxylic acids is 2. The summed E-state index contributed by atoms with van der Waals surface area (Å²) >= 11 is 2.99. The zero-order valence-electron chi connectivity index (χ0n) is 15.3. The lowest BCUT2D eigenvalue weighted by Crippen LogP contribution is -2.21. The zero-order chi connectivity index (χ0) is 20.1.